The molecule has 0 aliphatic heterocycles. The van der Waals surface area contributed by atoms with E-state index in [2.05, 4.69) is 116 Å². The summed E-state index contributed by atoms with van der Waals surface area (Å²) in [7, 11) is 4.11. The van der Waals surface area contributed by atoms with Gasteiger partial charge in [0, 0.05) is 29.6 Å². The van der Waals surface area contributed by atoms with Gasteiger partial charge in [-0.05, 0) is 59.7 Å². The third kappa shape index (κ3) is 6.27. The molecule has 0 bridgehead atoms. The van der Waals surface area contributed by atoms with E-state index >= 15 is 0 Å². The molecular formula is C27H24N2S2. The summed E-state index contributed by atoms with van der Waals surface area (Å²) >= 11 is 3.38. The van der Waals surface area contributed by atoms with Crippen molar-refractivity contribution >= 4 is 41.4 Å². The minimum atomic E-state index is 0.995. The van der Waals surface area contributed by atoms with Crippen LogP contribution in [0.3, 0.4) is 0 Å². The van der Waals surface area contributed by atoms with Crippen LogP contribution >= 0.6 is 23.5 Å². The van der Waals surface area contributed by atoms with E-state index in [1.165, 1.54) is 21.0 Å². The lowest BCUT2D eigenvalue weighted by Crippen LogP contribution is -2.07. The first kappa shape index (κ1) is 21.3. The Morgan fingerprint density at radius 1 is 0.613 bits per heavy atom. The number of hydrogen-bond donors (Lipinski definition) is 0. The number of aromatic nitrogens is 1. The van der Waals surface area contributed by atoms with Gasteiger partial charge in [0.25, 0.3) is 0 Å². The highest BCUT2D eigenvalue weighted by molar-refractivity contribution is 8.00. The zero-order valence-corrected chi connectivity index (χ0v) is 19.2. The quantitative estimate of drug-likeness (QED) is 0.294. The predicted molar refractivity (Wildman–Crippen MR) is 135 cm³/mol. The van der Waals surface area contributed by atoms with Crippen LogP contribution in [0.4, 0.5) is 5.69 Å². The Hall–Kier alpha value is -2.95. The second-order valence-electron chi connectivity index (χ2n) is 7.23. The highest BCUT2D eigenvalue weighted by Gasteiger charge is 2.06. The van der Waals surface area contributed by atoms with Crippen LogP contribution in [0.15, 0.2) is 117 Å². The third-order valence-corrected chi connectivity index (χ3v) is 6.46. The maximum absolute atomic E-state index is 4.90. The van der Waals surface area contributed by atoms with Gasteiger partial charge in [-0.1, -0.05) is 84.2 Å². The zero-order valence-electron chi connectivity index (χ0n) is 17.6. The van der Waals surface area contributed by atoms with Crippen molar-refractivity contribution in [2.45, 2.75) is 19.8 Å². The molecular weight excluding hydrogens is 416 g/mol. The molecule has 1 aromatic heterocycles. The van der Waals surface area contributed by atoms with Crippen molar-refractivity contribution in [3.8, 4) is 0 Å². The monoisotopic (exact) mass is 440 g/mol. The smallest absolute Gasteiger partial charge is 0.103 e. The number of anilines is 1. The van der Waals surface area contributed by atoms with Gasteiger partial charge in [-0.3, -0.25) is 0 Å². The summed E-state index contributed by atoms with van der Waals surface area (Å²) < 4.78 is 0. The van der Waals surface area contributed by atoms with Gasteiger partial charge in [0.05, 0.1) is 0 Å². The van der Waals surface area contributed by atoms with Gasteiger partial charge in [-0.2, -0.15) is 0 Å². The van der Waals surface area contributed by atoms with Crippen molar-refractivity contribution in [1.82, 2.24) is 4.98 Å². The van der Waals surface area contributed by atoms with Crippen LogP contribution in [-0.2, 0) is 0 Å². The average Bonchev–Trinajstić information content (AvgIpc) is 2.79. The Morgan fingerprint density at radius 2 is 1.10 bits per heavy atom. The van der Waals surface area contributed by atoms with E-state index in [0.717, 1.165) is 15.6 Å². The molecule has 0 spiro atoms. The number of hydrogen-bond acceptors (Lipinski definition) is 4. The molecule has 0 N–H and O–H groups in total. The summed E-state index contributed by atoms with van der Waals surface area (Å²) in [5.41, 5.74) is 3.52. The molecule has 0 aliphatic rings. The lowest BCUT2D eigenvalue weighted by molar-refractivity contribution is 1.00. The number of pyridine rings is 1. The fourth-order valence-electron chi connectivity index (χ4n) is 3.00. The molecule has 31 heavy (non-hydrogen) atoms. The van der Waals surface area contributed by atoms with E-state index in [0.29, 0.717) is 0 Å². The first-order valence-corrected chi connectivity index (χ1v) is 11.7. The van der Waals surface area contributed by atoms with Crippen molar-refractivity contribution in [2.75, 3.05) is 19.0 Å². The molecule has 0 radical (unpaired) electrons. The summed E-state index contributed by atoms with van der Waals surface area (Å²) in [6, 6.07) is 33.6. The fraction of sp³-hybridized carbons (Fsp3) is 0.0741. The zero-order chi connectivity index (χ0) is 21.5. The second kappa shape index (κ2) is 10.4. The second-order valence-corrected chi connectivity index (χ2v) is 9.41. The van der Waals surface area contributed by atoms with Gasteiger partial charge in [0.2, 0.25) is 0 Å². The van der Waals surface area contributed by atoms with Crippen LogP contribution in [0.1, 0.15) is 11.1 Å². The van der Waals surface area contributed by atoms with Crippen molar-refractivity contribution < 1.29 is 0 Å². The molecule has 0 saturated heterocycles. The molecule has 3 aromatic carbocycles. The Balaban J connectivity index is 1.61. The van der Waals surface area contributed by atoms with Crippen LogP contribution in [0.25, 0.3) is 12.2 Å². The topological polar surface area (TPSA) is 16.1 Å². The maximum atomic E-state index is 4.90. The lowest BCUT2D eigenvalue weighted by atomic mass is 10.1. The molecule has 0 fully saturated rings. The van der Waals surface area contributed by atoms with Crippen molar-refractivity contribution in [2.24, 2.45) is 0 Å². The van der Waals surface area contributed by atoms with Gasteiger partial charge < -0.3 is 4.90 Å². The Labute approximate surface area is 193 Å². The summed E-state index contributed by atoms with van der Waals surface area (Å²) in [4.78, 5) is 9.38. The van der Waals surface area contributed by atoms with Gasteiger partial charge in [-0.25, -0.2) is 4.98 Å². The van der Waals surface area contributed by atoms with E-state index in [1.54, 1.807) is 23.5 Å². The Morgan fingerprint density at radius 3 is 1.58 bits per heavy atom. The predicted octanol–water partition coefficient (Wildman–Crippen LogP) is 7.62. The molecule has 4 rings (SSSR count). The van der Waals surface area contributed by atoms with Crippen LogP contribution in [0.5, 0.6) is 0 Å². The van der Waals surface area contributed by atoms with Crippen LogP contribution in [-0.4, -0.2) is 19.1 Å². The third-order valence-electron chi connectivity index (χ3n) is 4.61. The summed E-state index contributed by atoms with van der Waals surface area (Å²) in [6.07, 6.45) is 4.32. The van der Waals surface area contributed by atoms with Crippen LogP contribution in [0, 0.1) is 0 Å². The maximum Gasteiger partial charge on any atom is 0.103 e. The SMILES string of the molecule is CN(C)c1ccc(C=Cc2cc(Sc3ccccc3)nc(Sc3ccccc3)c2)cc1. The molecule has 4 heteroatoms. The van der Waals surface area contributed by atoms with Gasteiger partial charge in [0.15, 0.2) is 0 Å². The summed E-state index contributed by atoms with van der Waals surface area (Å²) in [6.45, 7) is 0. The number of benzene rings is 3. The van der Waals surface area contributed by atoms with E-state index in [-0.39, 0.29) is 0 Å². The highest BCUT2D eigenvalue weighted by Crippen LogP contribution is 2.32. The minimum absolute atomic E-state index is 0.995. The fourth-order valence-corrected chi connectivity index (χ4v) is 4.80. The molecule has 0 amide bonds. The molecule has 1 heterocycles. The van der Waals surface area contributed by atoms with E-state index in [4.69, 9.17) is 4.98 Å². The molecule has 154 valence electrons. The molecule has 0 aliphatic carbocycles. The largest absolute Gasteiger partial charge is 0.378 e. The number of nitrogens with zero attached hydrogens (tertiary/aromatic N) is 2. The van der Waals surface area contributed by atoms with Gasteiger partial charge in [0.1, 0.15) is 10.1 Å². The first-order valence-electron chi connectivity index (χ1n) is 10.1. The lowest BCUT2D eigenvalue weighted by Gasteiger charge is -2.11. The first-order chi connectivity index (χ1) is 15.2. The van der Waals surface area contributed by atoms with Crippen LogP contribution in [0.2, 0.25) is 0 Å². The summed E-state index contributed by atoms with van der Waals surface area (Å²) in [5, 5.41) is 1.99. The van der Waals surface area contributed by atoms with E-state index in [9.17, 15) is 0 Å². The summed E-state index contributed by atoms with van der Waals surface area (Å²) in [5.74, 6) is 0. The average molecular weight is 441 g/mol. The normalized spacial score (nSPS) is 11.0. The van der Waals surface area contributed by atoms with E-state index < -0.39 is 0 Å². The van der Waals surface area contributed by atoms with Gasteiger partial charge >= 0.3 is 0 Å². The molecule has 0 atom stereocenters. The van der Waals surface area contributed by atoms with Crippen LogP contribution < -0.4 is 4.90 Å². The van der Waals surface area contributed by atoms with Crippen molar-refractivity contribution in [1.29, 1.82) is 0 Å². The van der Waals surface area contributed by atoms with Crippen molar-refractivity contribution in [3.05, 3.63) is 108 Å². The molecule has 0 saturated carbocycles. The Bertz CT molecular complexity index is 1080. The highest BCUT2D eigenvalue weighted by atomic mass is 32.2. The Kier molecular flexibility index (Phi) is 7.13. The minimum Gasteiger partial charge on any atom is -0.378 e. The molecule has 2 nitrogen and oxygen atoms in total. The standard InChI is InChI=1S/C27H24N2S2/c1-29(2)23-17-15-21(16-18-23)13-14-22-19-26(30-24-9-5-3-6-10-24)28-27(20-22)31-25-11-7-4-8-12-25/h3-20H,1-2H3. The van der Waals surface area contributed by atoms with Gasteiger partial charge in [-0.15, -0.1) is 0 Å². The molecule has 4 aromatic rings. The van der Waals surface area contributed by atoms with Crippen molar-refractivity contribution in [3.63, 3.8) is 0 Å². The molecule has 0 unspecified atom stereocenters. The van der Waals surface area contributed by atoms with E-state index in [1.807, 2.05) is 12.1 Å². The number of rotatable bonds is 7.